The second kappa shape index (κ2) is 9.34. The molecule has 2 N–H and O–H groups in total. The van der Waals surface area contributed by atoms with Gasteiger partial charge in [-0.25, -0.2) is 4.98 Å². The number of carbonyl (C=O) groups is 1. The second-order valence-electron chi connectivity index (χ2n) is 8.40. The van der Waals surface area contributed by atoms with Crippen LogP contribution >= 0.6 is 12.4 Å². The summed E-state index contributed by atoms with van der Waals surface area (Å²) in [7, 11) is 1.94. The number of aromatic amines is 1. The number of ether oxygens (including phenoxy) is 2. The van der Waals surface area contributed by atoms with Crippen molar-refractivity contribution in [1.29, 1.82) is 0 Å². The number of carbonyl (C=O) groups excluding carboxylic acids is 1. The first-order valence-corrected chi connectivity index (χ1v) is 10.8. The Hall–Kier alpha value is -2.98. The number of halogens is 4. The number of rotatable bonds is 3. The van der Waals surface area contributed by atoms with Crippen LogP contribution in [0.1, 0.15) is 40.6 Å². The van der Waals surface area contributed by atoms with Gasteiger partial charge in [-0.05, 0) is 56.3 Å². The summed E-state index contributed by atoms with van der Waals surface area (Å²) in [6, 6.07) is 8.33. The molecule has 0 saturated carbocycles. The van der Waals surface area contributed by atoms with Gasteiger partial charge in [-0.3, -0.25) is 9.69 Å². The Bertz CT molecular complexity index is 1200. The standard InChI is InChI=1S/C23H23F3N4O3.ClH/c1-30-7-6-15(27-22(31)13-2-5-19-20(10-13)33-9-8-32-19)12-18(30)21-28-16-4-3-14(23(24,25)26)11-17(16)29-21;/h2-5,10-11,15,18H,6-9,12H2,1H3,(H,27,31)(H,28,29);1H/t15-,18-;/m1./s1. The fourth-order valence-corrected chi connectivity index (χ4v) is 4.35. The topological polar surface area (TPSA) is 79.5 Å². The molecule has 1 amide bonds. The predicted molar refractivity (Wildman–Crippen MR) is 122 cm³/mol. The molecule has 3 heterocycles. The molecule has 2 aliphatic rings. The number of nitrogens with one attached hydrogen (secondary N) is 2. The summed E-state index contributed by atoms with van der Waals surface area (Å²) >= 11 is 0. The van der Waals surface area contributed by atoms with Crippen molar-refractivity contribution in [2.45, 2.75) is 31.1 Å². The lowest BCUT2D eigenvalue weighted by molar-refractivity contribution is -0.137. The van der Waals surface area contributed by atoms with E-state index in [2.05, 4.69) is 20.2 Å². The fraction of sp³-hybridized carbons (Fsp3) is 0.391. The van der Waals surface area contributed by atoms with Crippen LogP contribution in [0.25, 0.3) is 11.0 Å². The molecule has 0 spiro atoms. The van der Waals surface area contributed by atoms with Crippen LogP contribution in [0, 0.1) is 0 Å². The van der Waals surface area contributed by atoms with E-state index in [1.54, 1.807) is 18.2 Å². The third kappa shape index (κ3) is 4.78. The molecule has 2 atom stereocenters. The number of amides is 1. The number of hydrogen-bond acceptors (Lipinski definition) is 5. The molecule has 1 aromatic heterocycles. The summed E-state index contributed by atoms with van der Waals surface area (Å²) in [4.78, 5) is 22.5. The lowest BCUT2D eigenvalue weighted by Crippen LogP contribution is -2.45. The van der Waals surface area contributed by atoms with Gasteiger partial charge in [0, 0.05) is 18.2 Å². The molecular formula is C23H24ClF3N4O3. The van der Waals surface area contributed by atoms with Crippen molar-refractivity contribution in [3.63, 3.8) is 0 Å². The normalized spacial score (nSPS) is 20.6. The molecule has 1 saturated heterocycles. The van der Waals surface area contributed by atoms with E-state index in [4.69, 9.17) is 9.47 Å². The Kier molecular flexibility index (Phi) is 6.64. The molecule has 7 nitrogen and oxygen atoms in total. The van der Waals surface area contributed by atoms with Crippen molar-refractivity contribution in [2.75, 3.05) is 26.8 Å². The van der Waals surface area contributed by atoms with Crippen LogP contribution in [0.5, 0.6) is 11.5 Å². The van der Waals surface area contributed by atoms with E-state index < -0.39 is 11.7 Å². The number of likely N-dealkylation sites (tertiary alicyclic amines) is 1. The molecule has 5 rings (SSSR count). The van der Waals surface area contributed by atoms with E-state index in [0.29, 0.717) is 60.1 Å². The Balaban J connectivity index is 0.00000274. The number of hydrogen-bond donors (Lipinski definition) is 2. The number of piperidine rings is 1. The van der Waals surface area contributed by atoms with E-state index in [0.717, 1.165) is 18.6 Å². The highest BCUT2D eigenvalue weighted by molar-refractivity contribution is 5.95. The molecule has 2 aliphatic heterocycles. The number of H-pyrrole nitrogens is 1. The van der Waals surface area contributed by atoms with Crippen LogP contribution in [0.3, 0.4) is 0 Å². The molecule has 0 aliphatic carbocycles. The number of benzene rings is 2. The monoisotopic (exact) mass is 496 g/mol. The van der Waals surface area contributed by atoms with E-state index in [9.17, 15) is 18.0 Å². The lowest BCUT2D eigenvalue weighted by atomic mass is 9.96. The summed E-state index contributed by atoms with van der Waals surface area (Å²) in [5.41, 5.74) is 0.592. The summed E-state index contributed by atoms with van der Waals surface area (Å²) < 4.78 is 50.2. The van der Waals surface area contributed by atoms with Crippen LogP contribution in [-0.2, 0) is 6.18 Å². The average molecular weight is 497 g/mol. The highest BCUT2D eigenvalue weighted by atomic mass is 35.5. The van der Waals surface area contributed by atoms with Gasteiger partial charge in [0.2, 0.25) is 0 Å². The number of nitrogens with zero attached hydrogens (tertiary/aromatic N) is 2. The number of aromatic nitrogens is 2. The van der Waals surface area contributed by atoms with E-state index in [1.807, 2.05) is 7.05 Å². The van der Waals surface area contributed by atoms with Crippen LogP contribution in [0.2, 0.25) is 0 Å². The Labute approximate surface area is 200 Å². The van der Waals surface area contributed by atoms with Crippen molar-refractivity contribution in [1.82, 2.24) is 20.2 Å². The van der Waals surface area contributed by atoms with Crippen LogP contribution in [0.4, 0.5) is 13.2 Å². The zero-order chi connectivity index (χ0) is 23.2. The summed E-state index contributed by atoms with van der Waals surface area (Å²) in [5.74, 6) is 1.55. The van der Waals surface area contributed by atoms with E-state index in [-0.39, 0.29) is 30.4 Å². The molecule has 3 aromatic rings. The molecule has 1 fully saturated rings. The third-order valence-corrected chi connectivity index (χ3v) is 6.15. The Morgan fingerprint density at radius 3 is 2.68 bits per heavy atom. The minimum Gasteiger partial charge on any atom is -0.486 e. The Morgan fingerprint density at radius 2 is 1.91 bits per heavy atom. The zero-order valence-corrected chi connectivity index (χ0v) is 19.1. The van der Waals surface area contributed by atoms with Crippen molar-refractivity contribution in [2.24, 2.45) is 0 Å². The molecule has 34 heavy (non-hydrogen) atoms. The highest BCUT2D eigenvalue weighted by Crippen LogP contribution is 2.34. The summed E-state index contributed by atoms with van der Waals surface area (Å²) in [6.07, 6.45) is -3.08. The summed E-state index contributed by atoms with van der Waals surface area (Å²) in [6.45, 7) is 1.63. The van der Waals surface area contributed by atoms with Crippen molar-refractivity contribution in [3.05, 3.63) is 53.3 Å². The minimum absolute atomic E-state index is 0. The van der Waals surface area contributed by atoms with Gasteiger partial charge in [-0.15, -0.1) is 12.4 Å². The van der Waals surface area contributed by atoms with E-state index in [1.165, 1.54) is 6.07 Å². The number of imidazole rings is 1. The molecule has 2 aromatic carbocycles. The number of fused-ring (bicyclic) bond motifs is 2. The molecule has 0 bridgehead atoms. The maximum absolute atomic E-state index is 13.0. The van der Waals surface area contributed by atoms with Gasteiger partial charge in [-0.2, -0.15) is 13.2 Å². The minimum atomic E-state index is -4.41. The zero-order valence-electron chi connectivity index (χ0n) is 18.3. The van der Waals surface area contributed by atoms with Gasteiger partial charge in [0.1, 0.15) is 19.0 Å². The number of alkyl halides is 3. The van der Waals surface area contributed by atoms with Crippen LogP contribution in [0.15, 0.2) is 36.4 Å². The van der Waals surface area contributed by atoms with Crippen LogP contribution < -0.4 is 14.8 Å². The van der Waals surface area contributed by atoms with Crippen molar-refractivity contribution >= 4 is 29.3 Å². The smallest absolute Gasteiger partial charge is 0.416 e. The van der Waals surface area contributed by atoms with E-state index >= 15 is 0 Å². The first-order chi connectivity index (χ1) is 15.8. The molecule has 11 heteroatoms. The van der Waals surface area contributed by atoms with Gasteiger partial charge in [0.25, 0.3) is 5.91 Å². The van der Waals surface area contributed by atoms with Gasteiger partial charge in [0.15, 0.2) is 11.5 Å². The third-order valence-electron chi connectivity index (χ3n) is 6.15. The predicted octanol–water partition coefficient (Wildman–Crippen LogP) is 4.34. The first kappa shape index (κ1) is 24.2. The van der Waals surface area contributed by atoms with Gasteiger partial charge < -0.3 is 19.8 Å². The second-order valence-corrected chi connectivity index (χ2v) is 8.40. The molecule has 0 unspecified atom stereocenters. The largest absolute Gasteiger partial charge is 0.486 e. The quantitative estimate of drug-likeness (QED) is 0.564. The van der Waals surface area contributed by atoms with Gasteiger partial charge in [-0.1, -0.05) is 0 Å². The molecular weight excluding hydrogens is 473 g/mol. The molecule has 0 radical (unpaired) electrons. The highest BCUT2D eigenvalue weighted by Gasteiger charge is 2.33. The van der Waals surface area contributed by atoms with Gasteiger partial charge in [0.05, 0.1) is 22.6 Å². The lowest BCUT2D eigenvalue weighted by Gasteiger charge is -2.36. The van der Waals surface area contributed by atoms with Crippen molar-refractivity contribution < 1.29 is 27.4 Å². The Morgan fingerprint density at radius 1 is 1.15 bits per heavy atom. The SMILES string of the molecule is CN1CC[C@@H](NC(=O)c2ccc3c(c2)OCCO3)C[C@@H]1c1nc2ccc(C(F)(F)F)cc2[nH]1.Cl. The fourth-order valence-electron chi connectivity index (χ4n) is 4.35. The van der Waals surface area contributed by atoms with Gasteiger partial charge >= 0.3 is 6.18 Å². The van der Waals surface area contributed by atoms with Crippen molar-refractivity contribution in [3.8, 4) is 11.5 Å². The maximum Gasteiger partial charge on any atom is 0.416 e. The first-order valence-electron chi connectivity index (χ1n) is 10.8. The average Bonchev–Trinajstić information content (AvgIpc) is 3.22. The summed E-state index contributed by atoms with van der Waals surface area (Å²) in [5, 5.41) is 3.07. The van der Waals surface area contributed by atoms with Crippen LogP contribution in [-0.4, -0.2) is 53.6 Å². The molecule has 182 valence electrons. The maximum atomic E-state index is 13.0.